The zero-order valence-electron chi connectivity index (χ0n) is 16.6. The lowest BCUT2D eigenvalue weighted by Gasteiger charge is -2.34. The van der Waals surface area contributed by atoms with E-state index in [1.165, 1.54) is 16.6 Å². The molecule has 0 bridgehead atoms. The fraction of sp³-hybridized carbons (Fsp3) is 0.286. The maximum Gasteiger partial charge on any atom is 0.246 e. The minimum atomic E-state index is -3.70. The summed E-state index contributed by atoms with van der Waals surface area (Å²) < 4.78 is 41.6. The molecule has 3 heterocycles. The van der Waals surface area contributed by atoms with E-state index in [0.717, 1.165) is 5.56 Å². The van der Waals surface area contributed by atoms with Gasteiger partial charge in [-0.1, -0.05) is 18.2 Å². The van der Waals surface area contributed by atoms with E-state index in [1.54, 1.807) is 49.6 Å². The van der Waals surface area contributed by atoms with Gasteiger partial charge in [0.2, 0.25) is 10.0 Å². The molecule has 1 fully saturated rings. The number of aromatic nitrogens is 3. The smallest absolute Gasteiger partial charge is 0.246 e. The quantitative estimate of drug-likeness (QED) is 0.623. The van der Waals surface area contributed by atoms with Gasteiger partial charge in [-0.25, -0.2) is 22.8 Å². The van der Waals surface area contributed by atoms with Crippen molar-refractivity contribution in [1.29, 1.82) is 0 Å². The molecule has 9 heteroatoms. The third-order valence-electron chi connectivity index (χ3n) is 5.17. The van der Waals surface area contributed by atoms with E-state index in [9.17, 15) is 12.8 Å². The number of sulfonamides is 1. The summed E-state index contributed by atoms with van der Waals surface area (Å²) >= 11 is 0. The van der Waals surface area contributed by atoms with Crippen LogP contribution in [0.4, 0.5) is 4.39 Å². The summed E-state index contributed by atoms with van der Waals surface area (Å²) in [6.45, 7) is 3.87. The summed E-state index contributed by atoms with van der Waals surface area (Å²) in [6, 6.07) is 10.2. The van der Waals surface area contributed by atoms with Crippen molar-refractivity contribution in [2.45, 2.75) is 18.4 Å². The van der Waals surface area contributed by atoms with Crippen LogP contribution in [0.5, 0.6) is 0 Å². The summed E-state index contributed by atoms with van der Waals surface area (Å²) in [5.41, 5.74) is 1.80. The van der Waals surface area contributed by atoms with Crippen molar-refractivity contribution in [1.82, 2.24) is 24.2 Å². The van der Waals surface area contributed by atoms with Gasteiger partial charge in [0.1, 0.15) is 10.7 Å². The molecule has 2 aromatic heterocycles. The average molecular weight is 428 g/mol. The first-order chi connectivity index (χ1) is 14.4. The Morgan fingerprint density at radius 1 is 1.03 bits per heavy atom. The largest absolute Gasteiger partial charge is 0.296 e. The first-order valence-corrected chi connectivity index (χ1v) is 11.1. The third-order valence-corrected chi connectivity index (χ3v) is 7.18. The monoisotopic (exact) mass is 427 g/mol. The van der Waals surface area contributed by atoms with Gasteiger partial charge in [-0.2, -0.15) is 4.31 Å². The number of nitrogens with zero attached hydrogens (tertiary/aromatic N) is 5. The van der Waals surface area contributed by atoms with Crippen LogP contribution in [0.2, 0.25) is 0 Å². The molecule has 0 N–H and O–H groups in total. The van der Waals surface area contributed by atoms with Crippen molar-refractivity contribution in [3.63, 3.8) is 0 Å². The van der Waals surface area contributed by atoms with Crippen molar-refractivity contribution in [3.8, 4) is 11.4 Å². The number of aryl methyl sites for hydroxylation is 1. The van der Waals surface area contributed by atoms with E-state index < -0.39 is 10.0 Å². The van der Waals surface area contributed by atoms with Crippen LogP contribution < -0.4 is 0 Å². The lowest BCUT2D eigenvalue weighted by atomic mass is 10.2. The van der Waals surface area contributed by atoms with Gasteiger partial charge in [-0.3, -0.25) is 9.88 Å². The molecule has 156 valence electrons. The molecule has 0 aliphatic carbocycles. The highest BCUT2D eigenvalue weighted by Crippen LogP contribution is 2.23. The average Bonchev–Trinajstić information content (AvgIpc) is 2.76. The summed E-state index contributed by atoms with van der Waals surface area (Å²) in [4.78, 5) is 14.8. The molecular weight excluding hydrogens is 405 g/mol. The maximum atomic E-state index is 13.9. The Balaban J connectivity index is 1.46. The van der Waals surface area contributed by atoms with Crippen LogP contribution in [-0.4, -0.2) is 58.8 Å². The predicted octanol–water partition coefficient (Wildman–Crippen LogP) is 2.49. The van der Waals surface area contributed by atoms with E-state index in [2.05, 4.69) is 19.9 Å². The van der Waals surface area contributed by atoms with Gasteiger partial charge in [0.15, 0.2) is 5.82 Å². The summed E-state index contributed by atoms with van der Waals surface area (Å²) in [5.74, 6) is 0.221. The van der Waals surface area contributed by atoms with E-state index in [-0.39, 0.29) is 10.7 Å². The lowest BCUT2D eigenvalue weighted by molar-refractivity contribution is 0.180. The minimum absolute atomic E-state index is 0.114. The van der Waals surface area contributed by atoms with Gasteiger partial charge < -0.3 is 0 Å². The number of rotatable bonds is 5. The molecule has 1 saturated heterocycles. The number of piperazine rings is 1. The van der Waals surface area contributed by atoms with Crippen LogP contribution in [0.1, 0.15) is 11.3 Å². The number of benzene rings is 1. The second-order valence-electron chi connectivity index (χ2n) is 7.15. The number of hydrogen-bond donors (Lipinski definition) is 0. The van der Waals surface area contributed by atoms with Gasteiger partial charge in [0, 0.05) is 56.2 Å². The first kappa shape index (κ1) is 20.5. The van der Waals surface area contributed by atoms with Crippen molar-refractivity contribution in [3.05, 3.63) is 72.1 Å². The summed E-state index contributed by atoms with van der Waals surface area (Å²) in [5, 5.41) is 0. The SMILES string of the molecule is Cc1nc(-c2ccncc2)ncc1S(=O)(=O)N1CCN(Cc2ccccc2F)CC1. The van der Waals surface area contributed by atoms with E-state index >= 15 is 0 Å². The molecule has 0 radical (unpaired) electrons. The van der Waals surface area contributed by atoms with Crippen molar-refractivity contribution >= 4 is 10.0 Å². The molecule has 1 aliphatic rings. The number of pyridine rings is 1. The fourth-order valence-corrected chi connectivity index (χ4v) is 5.01. The Morgan fingerprint density at radius 3 is 2.40 bits per heavy atom. The minimum Gasteiger partial charge on any atom is -0.296 e. The molecule has 3 aromatic rings. The normalized spacial score (nSPS) is 15.9. The molecule has 0 atom stereocenters. The maximum absolute atomic E-state index is 13.9. The Hall–Kier alpha value is -2.75. The van der Waals surface area contributed by atoms with Gasteiger partial charge >= 0.3 is 0 Å². The summed E-state index contributed by atoms with van der Waals surface area (Å²) in [6.07, 6.45) is 4.65. The van der Waals surface area contributed by atoms with Crippen LogP contribution in [0.25, 0.3) is 11.4 Å². The highest BCUT2D eigenvalue weighted by atomic mass is 32.2. The molecule has 7 nitrogen and oxygen atoms in total. The Labute approximate surface area is 175 Å². The van der Waals surface area contributed by atoms with Crippen molar-refractivity contribution in [2.24, 2.45) is 0 Å². The van der Waals surface area contributed by atoms with E-state index in [1.807, 2.05) is 0 Å². The second kappa shape index (κ2) is 8.55. The third kappa shape index (κ3) is 4.23. The predicted molar refractivity (Wildman–Crippen MR) is 110 cm³/mol. The van der Waals surface area contributed by atoms with E-state index in [4.69, 9.17) is 0 Å². The van der Waals surface area contributed by atoms with Crippen molar-refractivity contribution < 1.29 is 12.8 Å². The number of halogens is 1. The molecule has 1 aromatic carbocycles. The van der Waals surface area contributed by atoms with Crippen LogP contribution in [0.15, 0.2) is 59.9 Å². The Morgan fingerprint density at radius 2 is 1.73 bits per heavy atom. The molecule has 30 heavy (non-hydrogen) atoms. The van der Waals surface area contributed by atoms with Gasteiger partial charge in [-0.05, 0) is 25.1 Å². The molecule has 4 rings (SSSR count). The highest BCUT2D eigenvalue weighted by molar-refractivity contribution is 7.89. The van der Waals surface area contributed by atoms with Crippen LogP contribution in [0, 0.1) is 12.7 Å². The molecule has 0 unspecified atom stereocenters. The topological polar surface area (TPSA) is 79.3 Å². The zero-order valence-corrected chi connectivity index (χ0v) is 17.4. The molecular formula is C21H22FN5O2S. The highest BCUT2D eigenvalue weighted by Gasteiger charge is 2.30. The molecule has 0 saturated carbocycles. The molecule has 1 aliphatic heterocycles. The molecule has 0 spiro atoms. The van der Waals surface area contributed by atoms with Crippen LogP contribution in [0.3, 0.4) is 0 Å². The Bertz CT molecular complexity index is 1130. The van der Waals surface area contributed by atoms with Gasteiger partial charge in [0.05, 0.1) is 11.9 Å². The standard InChI is InChI=1S/C21H22FN5O2S/c1-16-20(14-24-21(25-16)17-6-8-23-9-7-17)30(28,29)27-12-10-26(11-13-27)15-18-4-2-3-5-19(18)22/h2-9,14H,10-13,15H2,1H3. The van der Waals surface area contributed by atoms with E-state index in [0.29, 0.717) is 49.8 Å². The van der Waals surface area contributed by atoms with Crippen molar-refractivity contribution in [2.75, 3.05) is 26.2 Å². The van der Waals surface area contributed by atoms with Gasteiger partial charge in [-0.15, -0.1) is 0 Å². The zero-order chi connectivity index (χ0) is 21.1. The van der Waals surface area contributed by atoms with Crippen LogP contribution in [-0.2, 0) is 16.6 Å². The van der Waals surface area contributed by atoms with Gasteiger partial charge in [0.25, 0.3) is 0 Å². The number of hydrogen-bond acceptors (Lipinski definition) is 6. The van der Waals surface area contributed by atoms with Crippen LogP contribution >= 0.6 is 0 Å². The first-order valence-electron chi connectivity index (χ1n) is 9.65. The lowest BCUT2D eigenvalue weighted by Crippen LogP contribution is -2.48. The fourth-order valence-electron chi connectivity index (χ4n) is 3.48. The Kier molecular flexibility index (Phi) is 5.85. The summed E-state index contributed by atoms with van der Waals surface area (Å²) in [7, 11) is -3.70. The molecule has 0 amide bonds. The second-order valence-corrected chi connectivity index (χ2v) is 9.06.